The van der Waals surface area contributed by atoms with Crippen molar-refractivity contribution >= 4 is 0 Å². The summed E-state index contributed by atoms with van der Waals surface area (Å²) in [6.45, 7) is 9.31. The van der Waals surface area contributed by atoms with Crippen LogP contribution in [0.25, 0.3) is 0 Å². The van der Waals surface area contributed by atoms with Gasteiger partial charge in [0.25, 0.3) is 0 Å². The van der Waals surface area contributed by atoms with Crippen molar-refractivity contribution in [3.8, 4) is 0 Å². The average molecular weight is 693 g/mol. The summed E-state index contributed by atoms with van der Waals surface area (Å²) in [5.74, 6) is 0. The molecule has 0 unspecified atom stereocenters. The highest BCUT2D eigenvalue weighted by Crippen LogP contribution is 2.57. The molecule has 260 valence electrons. The van der Waals surface area contributed by atoms with E-state index >= 15 is 0 Å². The van der Waals surface area contributed by atoms with Crippen LogP contribution in [0.4, 0.5) is 52.7 Å². The monoisotopic (exact) mass is 692 g/mol. The van der Waals surface area contributed by atoms with E-state index in [0.717, 1.165) is 48.5 Å². The minimum Gasteiger partial charge on any atom is -0.169 e. The summed E-state index contributed by atoms with van der Waals surface area (Å²) in [5.41, 5.74) is -8.53. The lowest BCUT2D eigenvalue weighted by Gasteiger charge is -2.38. The van der Waals surface area contributed by atoms with Crippen molar-refractivity contribution in [3.05, 3.63) is 141 Å². The highest BCUT2D eigenvalue weighted by atomic mass is 19.4. The molecule has 0 N–H and O–H groups in total. The molecular weight excluding hydrogens is 660 g/mol. The Hall–Kier alpha value is -3.96. The number of benzene rings is 4. The lowest BCUT2D eigenvalue weighted by molar-refractivity contribution is -0.290. The summed E-state index contributed by atoms with van der Waals surface area (Å²) in [6.07, 6.45) is -22.2. The summed E-state index contributed by atoms with van der Waals surface area (Å²) in [4.78, 5) is 0. The molecule has 0 radical (unpaired) electrons. The van der Waals surface area contributed by atoms with E-state index in [1.165, 1.54) is 57.2 Å². The maximum Gasteiger partial charge on any atom is 0.411 e. The normalized spacial score (nSPS) is 13.2. The van der Waals surface area contributed by atoms with Crippen LogP contribution in [-0.2, 0) is 10.8 Å². The molecule has 0 aromatic heterocycles. The van der Waals surface area contributed by atoms with Gasteiger partial charge in [-0.1, -0.05) is 96.1 Å². The van der Waals surface area contributed by atoms with Gasteiger partial charge in [0, 0.05) is 0 Å². The van der Waals surface area contributed by atoms with Crippen LogP contribution >= 0.6 is 0 Å². The Morgan fingerprint density at radius 1 is 0.312 bits per heavy atom. The number of alkyl halides is 12. The average Bonchev–Trinajstić information content (AvgIpc) is 2.92. The molecule has 0 saturated carbocycles. The van der Waals surface area contributed by atoms with Crippen LogP contribution in [-0.4, -0.2) is 24.7 Å². The molecule has 0 amide bonds. The van der Waals surface area contributed by atoms with Crippen molar-refractivity contribution in [2.75, 3.05) is 0 Å². The van der Waals surface area contributed by atoms with E-state index in [1.807, 2.05) is 0 Å². The van der Waals surface area contributed by atoms with E-state index in [0.29, 0.717) is 33.4 Å². The van der Waals surface area contributed by atoms with Gasteiger partial charge < -0.3 is 0 Å². The number of rotatable bonds is 4. The van der Waals surface area contributed by atoms with E-state index in [4.69, 9.17) is 0 Å². The van der Waals surface area contributed by atoms with Gasteiger partial charge in [0.05, 0.1) is 0 Å². The largest absolute Gasteiger partial charge is 0.411 e. The Balaban J connectivity index is 0.000000260. The molecular formula is C36H32F12. The predicted molar refractivity (Wildman–Crippen MR) is 160 cm³/mol. The van der Waals surface area contributed by atoms with Crippen molar-refractivity contribution < 1.29 is 52.7 Å². The quantitative estimate of drug-likeness (QED) is 0.187. The molecule has 4 aromatic rings. The van der Waals surface area contributed by atoms with Crippen LogP contribution in [0.3, 0.4) is 0 Å². The van der Waals surface area contributed by atoms with Crippen LogP contribution in [0.5, 0.6) is 0 Å². The van der Waals surface area contributed by atoms with Crippen molar-refractivity contribution in [2.45, 2.75) is 77.1 Å². The first kappa shape index (κ1) is 38.5. The molecule has 0 aliphatic rings. The van der Waals surface area contributed by atoms with Gasteiger partial charge in [0.1, 0.15) is 0 Å². The third-order valence-corrected chi connectivity index (χ3v) is 8.52. The number of aryl methyl sites for hydroxylation is 6. The second-order valence-corrected chi connectivity index (χ2v) is 11.8. The third kappa shape index (κ3) is 6.80. The zero-order valence-corrected chi connectivity index (χ0v) is 26.6. The first-order chi connectivity index (χ1) is 21.8. The Labute approximate surface area is 270 Å². The molecule has 0 atom stereocenters. The minimum absolute atomic E-state index is 0.328. The Morgan fingerprint density at radius 2 is 0.646 bits per heavy atom. The van der Waals surface area contributed by atoms with Crippen LogP contribution in [0.2, 0.25) is 0 Å². The lowest BCUT2D eigenvalue weighted by atomic mass is 9.72. The van der Waals surface area contributed by atoms with Gasteiger partial charge >= 0.3 is 24.7 Å². The van der Waals surface area contributed by atoms with Gasteiger partial charge in [-0.2, -0.15) is 52.7 Å². The van der Waals surface area contributed by atoms with Gasteiger partial charge in [-0.05, 0) is 86.1 Å². The van der Waals surface area contributed by atoms with Gasteiger partial charge in [-0.3, -0.25) is 0 Å². The fourth-order valence-electron chi connectivity index (χ4n) is 5.60. The van der Waals surface area contributed by atoms with E-state index < -0.39 is 57.8 Å². The smallest absolute Gasteiger partial charge is 0.169 e. The minimum atomic E-state index is -5.54. The topological polar surface area (TPSA) is 0 Å². The van der Waals surface area contributed by atoms with Gasteiger partial charge in [-0.15, -0.1) is 0 Å². The molecule has 0 heterocycles. The van der Waals surface area contributed by atoms with E-state index in [-0.39, 0.29) is 0 Å². The summed E-state index contributed by atoms with van der Waals surface area (Å²) >= 11 is 0. The number of hydrogen-bond acceptors (Lipinski definition) is 0. The Bertz CT molecular complexity index is 1690. The molecule has 48 heavy (non-hydrogen) atoms. The lowest BCUT2D eigenvalue weighted by Crippen LogP contribution is -2.54. The predicted octanol–water partition coefficient (Wildman–Crippen LogP) is 12.0. The number of hydrogen-bond donors (Lipinski definition) is 0. The fraction of sp³-hybridized carbons (Fsp3) is 0.333. The second kappa shape index (κ2) is 13.2. The third-order valence-electron chi connectivity index (χ3n) is 8.52. The Kier molecular flexibility index (Phi) is 10.5. The standard InChI is InChI=1S/2C18H16F6/c1-11-4-7-14(8-5-11)16(17(19,20)21,18(22,23)24)15-9-6-12(2)13(3)10-15;1-11-5-4-6-14(9-11)16(17(19,20)21,18(22,23)24)15-8-7-12(2)13(3)10-15/h2*4-10H,1-3H3. The second-order valence-electron chi connectivity index (χ2n) is 11.8. The van der Waals surface area contributed by atoms with Gasteiger partial charge in [0.15, 0.2) is 0 Å². The van der Waals surface area contributed by atoms with Crippen molar-refractivity contribution in [2.24, 2.45) is 0 Å². The SMILES string of the molecule is Cc1ccc(C(c2ccc(C)c(C)c2)(C(F)(F)F)C(F)(F)F)cc1.Cc1cccc(C(c2ccc(C)c(C)c2)(C(F)(F)F)C(F)(F)F)c1. The maximum absolute atomic E-state index is 13.9. The first-order valence-corrected chi connectivity index (χ1v) is 14.4. The molecule has 0 aliphatic heterocycles. The highest BCUT2D eigenvalue weighted by Gasteiger charge is 2.73. The summed E-state index contributed by atoms with van der Waals surface area (Å²) in [7, 11) is 0. The Morgan fingerprint density at radius 3 is 0.979 bits per heavy atom. The fourth-order valence-corrected chi connectivity index (χ4v) is 5.60. The van der Waals surface area contributed by atoms with Crippen molar-refractivity contribution in [1.82, 2.24) is 0 Å². The van der Waals surface area contributed by atoms with E-state index in [1.54, 1.807) is 20.8 Å². The van der Waals surface area contributed by atoms with Crippen LogP contribution in [0.15, 0.2) is 84.9 Å². The summed E-state index contributed by atoms with van der Waals surface area (Å²) in [5, 5.41) is 0. The zero-order valence-electron chi connectivity index (χ0n) is 26.6. The van der Waals surface area contributed by atoms with Crippen molar-refractivity contribution in [1.29, 1.82) is 0 Å². The zero-order chi connectivity index (χ0) is 36.7. The van der Waals surface area contributed by atoms with Gasteiger partial charge in [0.2, 0.25) is 10.8 Å². The van der Waals surface area contributed by atoms with E-state index in [9.17, 15) is 52.7 Å². The molecule has 0 aliphatic carbocycles. The molecule has 12 heteroatoms. The van der Waals surface area contributed by atoms with Gasteiger partial charge in [-0.25, -0.2) is 0 Å². The molecule has 0 nitrogen and oxygen atoms in total. The number of halogens is 12. The van der Waals surface area contributed by atoms with Crippen molar-refractivity contribution in [3.63, 3.8) is 0 Å². The molecule has 0 spiro atoms. The molecule has 4 aromatic carbocycles. The molecule has 4 rings (SSSR count). The van der Waals surface area contributed by atoms with Crippen LogP contribution in [0.1, 0.15) is 55.6 Å². The molecule has 0 saturated heterocycles. The maximum atomic E-state index is 13.9. The molecule has 0 fully saturated rings. The summed E-state index contributed by atoms with van der Waals surface area (Å²) < 4.78 is 166. The van der Waals surface area contributed by atoms with Crippen LogP contribution < -0.4 is 0 Å². The first-order valence-electron chi connectivity index (χ1n) is 14.4. The van der Waals surface area contributed by atoms with Crippen LogP contribution in [0, 0.1) is 41.5 Å². The van der Waals surface area contributed by atoms with E-state index in [2.05, 4.69) is 0 Å². The highest BCUT2D eigenvalue weighted by molar-refractivity contribution is 5.49. The summed E-state index contributed by atoms with van der Waals surface area (Å²) in [6, 6.07) is 15.1. The molecule has 0 bridgehead atoms.